The van der Waals surface area contributed by atoms with Crippen molar-refractivity contribution in [2.45, 2.75) is 19.8 Å². The third-order valence-corrected chi connectivity index (χ3v) is 3.29. The van der Waals surface area contributed by atoms with E-state index in [2.05, 4.69) is 10.6 Å². The summed E-state index contributed by atoms with van der Waals surface area (Å²) < 4.78 is 4.83. The number of carboxylic acids is 1. The standard InChI is InChI=1S/C13H23N3O5/c1-10(17)15-8-11-2-5-16(6-3-11)13(20)14-4-7-21-9-12(18)19/h11H,2-9H2,1H3,(H,14,20)(H,15,17)(H,18,19). The molecule has 0 spiro atoms. The summed E-state index contributed by atoms with van der Waals surface area (Å²) >= 11 is 0. The Morgan fingerprint density at radius 1 is 1.24 bits per heavy atom. The second kappa shape index (κ2) is 9.17. The van der Waals surface area contributed by atoms with E-state index in [1.807, 2.05) is 0 Å². The minimum Gasteiger partial charge on any atom is -0.480 e. The molecule has 0 aromatic carbocycles. The van der Waals surface area contributed by atoms with E-state index in [1.54, 1.807) is 4.90 Å². The summed E-state index contributed by atoms with van der Waals surface area (Å²) in [6.45, 7) is 3.58. The molecular weight excluding hydrogens is 278 g/mol. The molecule has 1 aliphatic rings. The lowest BCUT2D eigenvalue weighted by atomic mass is 9.97. The Bertz CT molecular complexity index is 367. The first-order chi connectivity index (χ1) is 9.99. The SMILES string of the molecule is CC(=O)NCC1CCN(C(=O)NCCOCC(=O)O)CC1. The summed E-state index contributed by atoms with van der Waals surface area (Å²) in [5, 5.41) is 13.9. The van der Waals surface area contributed by atoms with Crippen molar-refractivity contribution in [2.24, 2.45) is 5.92 Å². The first-order valence-electron chi connectivity index (χ1n) is 7.05. The van der Waals surface area contributed by atoms with Crippen LogP contribution in [0.15, 0.2) is 0 Å². The summed E-state index contributed by atoms with van der Waals surface area (Å²) in [6.07, 6.45) is 1.73. The van der Waals surface area contributed by atoms with Crippen LogP contribution in [0, 0.1) is 5.92 Å². The van der Waals surface area contributed by atoms with E-state index in [0.717, 1.165) is 12.8 Å². The number of piperidine rings is 1. The smallest absolute Gasteiger partial charge is 0.329 e. The number of likely N-dealkylation sites (tertiary alicyclic amines) is 1. The molecule has 120 valence electrons. The molecule has 1 fully saturated rings. The number of nitrogens with zero attached hydrogens (tertiary/aromatic N) is 1. The molecule has 0 saturated carbocycles. The van der Waals surface area contributed by atoms with Crippen molar-refractivity contribution >= 4 is 17.9 Å². The van der Waals surface area contributed by atoms with E-state index in [4.69, 9.17) is 9.84 Å². The molecule has 21 heavy (non-hydrogen) atoms. The molecule has 8 nitrogen and oxygen atoms in total. The van der Waals surface area contributed by atoms with Crippen molar-refractivity contribution in [1.29, 1.82) is 0 Å². The molecule has 0 atom stereocenters. The predicted octanol–water partition coefficient (Wildman–Crippen LogP) is -0.355. The Balaban J connectivity index is 2.11. The van der Waals surface area contributed by atoms with E-state index >= 15 is 0 Å². The first kappa shape index (κ1) is 17.2. The highest BCUT2D eigenvalue weighted by atomic mass is 16.5. The average Bonchev–Trinajstić information content (AvgIpc) is 2.44. The highest BCUT2D eigenvalue weighted by Crippen LogP contribution is 2.16. The average molecular weight is 301 g/mol. The summed E-state index contributed by atoms with van der Waals surface area (Å²) in [5.41, 5.74) is 0. The molecule has 0 aromatic rings. The lowest BCUT2D eigenvalue weighted by Crippen LogP contribution is -2.46. The van der Waals surface area contributed by atoms with Crippen LogP contribution in [-0.2, 0) is 14.3 Å². The van der Waals surface area contributed by atoms with Crippen LogP contribution in [0.4, 0.5) is 4.79 Å². The molecule has 1 aliphatic heterocycles. The summed E-state index contributed by atoms with van der Waals surface area (Å²) in [6, 6.07) is -0.160. The highest BCUT2D eigenvalue weighted by molar-refractivity contribution is 5.74. The fourth-order valence-electron chi connectivity index (χ4n) is 2.13. The van der Waals surface area contributed by atoms with Crippen LogP contribution in [0.1, 0.15) is 19.8 Å². The molecule has 0 aromatic heterocycles. The predicted molar refractivity (Wildman–Crippen MR) is 74.8 cm³/mol. The number of carbonyl (C=O) groups is 3. The highest BCUT2D eigenvalue weighted by Gasteiger charge is 2.22. The Morgan fingerprint density at radius 3 is 2.48 bits per heavy atom. The second-order valence-electron chi connectivity index (χ2n) is 5.05. The topological polar surface area (TPSA) is 108 Å². The van der Waals surface area contributed by atoms with Crippen molar-refractivity contribution in [3.63, 3.8) is 0 Å². The number of hydrogen-bond acceptors (Lipinski definition) is 4. The molecule has 1 saturated heterocycles. The van der Waals surface area contributed by atoms with Crippen LogP contribution in [0.25, 0.3) is 0 Å². The number of urea groups is 1. The third kappa shape index (κ3) is 7.50. The van der Waals surface area contributed by atoms with Crippen molar-refractivity contribution in [3.8, 4) is 0 Å². The minimum absolute atomic E-state index is 0.0310. The molecule has 3 N–H and O–H groups in total. The van der Waals surface area contributed by atoms with Crippen LogP contribution in [-0.4, -0.2) is 67.3 Å². The summed E-state index contributed by atoms with van der Waals surface area (Å²) in [7, 11) is 0. The van der Waals surface area contributed by atoms with Crippen LogP contribution < -0.4 is 10.6 Å². The number of rotatable bonds is 7. The van der Waals surface area contributed by atoms with E-state index in [-0.39, 0.29) is 31.7 Å². The van der Waals surface area contributed by atoms with Gasteiger partial charge in [-0.3, -0.25) is 4.79 Å². The Morgan fingerprint density at radius 2 is 1.90 bits per heavy atom. The monoisotopic (exact) mass is 301 g/mol. The van der Waals surface area contributed by atoms with Gasteiger partial charge in [-0.05, 0) is 18.8 Å². The fraction of sp³-hybridized carbons (Fsp3) is 0.769. The van der Waals surface area contributed by atoms with Gasteiger partial charge in [-0.2, -0.15) is 0 Å². The summed E-state index contributed by atoms with van der Waals surface area (Å²) in [4.78, 5) is 34.6. The van der Waals surface area contributed by atoms with E-state index in [9.17, 15) is 14.4 Å². The third-order valence-electron chi connectivity index (χ3n) is 3.29. The van der Waals surface area contributed by atoms with Crippen molar-refractivity contribution in [3.05, 3.63) is 0 Å². The molecule has 0 bridgehead atoms. The minimum atomic E-state index is -1.03. The number of carboxylic acid groups (broad SMARTS) is 1. The lowest BCUT2D eigenvalue weighted by molar-refractivity contribution is -0.142. The molecular formula is C13H23N3O5. The molecule has 1 rings (SSSR count). The normalized spacial score (nSPS) is 15.6. The van der Waals surface area contributed by atoms with Gasteiger partial charge in [0.2, 0.25) is 5.91 Å². The molecule has 0 unspecified atom stereocenters. The largest absolute Gasteiger partial charge is 0.480 e. The van der Waals surface area contributed by atoms with E-state index in [1.165, 1.54) is 6.92 Å². The lowest BCUT2D eigenvalue weighted by Gasteiger charge is -2.32. The van der Waals surface area contributed by atoms with Crippen molar-refractivity contribution < 1.29 is 24.2 Å². The van der Waals surface area contributed by atoms with Gasteiger partial charge in [-0.1, -0.05) is 0 Å². The molecule has 3 amide bonds. The number of aliphatic carboxylic acids is 1. The maximum atomic E-state index is 11.8. The van der Waals surface area contributed by atoms with Gasteiger partial charge in [0.15, 0.2) is 0 Å². The van der Waals surface area contributed by atoms with Crippen molar-refractivity contribution in [2.75, 3.05) is 39.4 Å². The molecule has 1 heterocycles. The van der Waals surface area contributed by atoms with E-state index in [0.29, 0.717) is 25.6 Å². The first-order valence-corrected chi connectivity index (χ1v) is 7.05. The maximum Gasteiger partial charge on any atom is 0.329 e. The van der Waals surface area contributed by atoms with Crippen LogP contribution in [0.3, 0.4) is 0 Å². The Kier molecular flexibility index (Phi) is 7.52. The van der Waals surface area contributed by atoms with Gasteiger partial charge in [0.05, 0.1) is 6.61 Å². The van der Waals surface area contributed by atoms with Gasteiger partial charge in [-0.15, -0.1) is 0 Å². The zero-order chi connectivity index (χ0) is 15.7. The van der Waals surface area contributed by atoms with Gasteiger partial charge < -0.3 is 25.4 Å². The fourth-order valence-corrected chi connectivity index (χ4v) is 2.13. The summed E-state index contributed by atoms with van der Waals surface area (Å²) in [5.74, 6) is -0.643. The number of ether oxygens (including phenoxy) is 1. The van der Waals surface area contributed by atoms with E-state index < -0.39 is 5.97 Å². The Labute approximate surface area is 123 Å². The quantitative estimate of drug-likeness (QED) is 0.557. The van der Waals surface area contributed by atoms with Gasteiger partial charge in [0, 0.05) is 33.1 Å². The molecule has 0 aliphatic carbocycles. The Hall–Kier alpha value is -1.83. The second-order valence-corrected chi connectivity index (χ2v) is 5.05. The number of carbonyl (C=O) groups excluding carboxylic acids is 2. The maximum absolute atomic E-state index is 11.8. The number of hydrogen-bond donors (Lipinski definition) is 3. The van der Waals surface area contributed by atoms with Gasteiger partial charge in [0.1, 0.15) is 6.61 Å². The van der Waals surface area contributed by atoms with Crippen molar-refractivity contribution in [1.82, 2.24) is 15.5 Å². The van der Waals surface area contributed by atoms with Crippen LogP contribution in [0.5, 0.6) is 0 Å². The van der Waals surface area contributed by atoms with Gasteiger partial charge >= 0.3 is 12.0 Å². The van der Waals surface area contributed by atoms with Gasteiger partial charge in [-0.25, -0.2) is 9.59 Å². The van der Waals surface area contributed by atoms with Crippen LogP contribution in [0.2, 0.25) is 0 Å². The number of amides is 3. The van der Waals surface area contributed by atoms with Crippen LogP contribution >= 0.6 is 0 Å². The van der Waals surface area contributed by atoms with Gasteiger partial charge in [0.25, 0.3) is 0 Å². The zero-order valence-electron chi connectivity index (χ0n) is 12.3. The molecule has 0 radical (unpaired) electrons. The number of nitrogens with one attached hydrogen (secondary N) is 2. The zero-order valence-corrected chi connectivity index (χ0v) is 12.3. The molecule has 8 heteroatoms.